The minimum absolute atomic E-state index is 0.00116. The Morgan fingerprint density at radius 2 is 2.11 bits per heavy atom. The molecule has 0 aromatic carbocycles. The van der Waals surface area contributed by atoms with Gasteiger partial charge in [-0.1, -0.05) is 0 Å². The smallest absolute Gasteiger partial charge is 0.339 e. The topological polar surface area (TPSA) is 108 Å². The van der Waals surface area contributed by atoms with Crippen LogP contribution in [-0.4, -0.2) is 39.6 Å². The zero-order valence-electron chi connectivity index (χ0n) is 9.24. The molecule has 0 bridgehead atoms. The van der Waals surface area contributed by atoms with E-state index in [1.807, 2.05) is 0 Å². The fraction of sp³-hybridized carbons (Fsp3) is 0.273. The molecule has 0 aliphatic carbocycles. The maximum Gasteiger partial charge on any atom is 0.339 e. The predicted octanol–water partition coefficient (Wildman–Crippen LogP) is 0.217. The number of nitrogens with zero attached hydrogens (tertiary/aromatic N) is 2. The van der Waals surface area contributed by atoms with E-state index in [-0.39, 0.29) is 24.3 Å². The summed E-state index contributed by atoms with van der Waals surface area (Å²) in [5, 5.41) is 17.9. The van der Waals surface area contributed by atoms with E-state index in [0.717, 1.165) is 4.90 Å². The lowest BCUT2D eigenvalue weighted by Gasteiger charge is -2.16. The molecule has 1 fully saturated rings. The number of carbonyl (C=O) groups is 3. The van der Waals surface area contributed by atoms with Crippen LogP contribution in [0.25, 0.3) is 0 Å². The van der Waals surface area contributed by atoms with Crippen molar-refractivity contribution in [2.45, 2.75) is 6.42 Å². The molecule has 1 amide bonds. The Balaban J connectivity index is 2.35. The summed E-state index contributed by atoms with van der Waals surface area (Å²) in [4.78, 5) is 38.5. The van der Waals surface area contributed by atoms with E-state index in [2.05, 4.69) is 4.98 Å². The number of pyridine rings is 1. The fourth-order valence-electron chi connectivity index (χ4n) is 1.86. The molecule has 7 heteroatoms. The number of rotatable bonds is 3. The zero-order chi connectivity index (χ0) is 13.3. The van der Waals surface area contributed by atoms with Crippen molar-refractivity contribution in [2.24, 2.45) is 5.92 Å². The first-order valence-corrected chi connectivity index (χ1v) is 5.22. The van der Waals surface area contributed by atoms with E-state index in [4.69, 9.17) is 10.2 Å². The molecule has 18 heavy (non-hydrogen) atoms. The highest BCUT2D eigenvalue weighted by Crippen LogP contribution is 2.26. The number of hydrogen-bond acceptors (Lipinski definition) is 4. The van der Waals surface area contributed by atoms with E-state index >= 15 is 0 Å². The molecule has 1 unspecified atom stereocenters. The van der Waals surface area contributed by atoms with Crippen LogP contribution in [0.1, 0.15) is 16.8 Å². The van der Waals surface area contributed by atoms with Crippen LogP contribution in [0.5, 0.6) is 0 Å². The summed E-state index contributed by atoms with van der Waals surface area (Å²) in [5.74, 6) is -3.52. The summed E-state index contributed by atoms with van der Waals surface area (Å²) < 4.78 is 0. The summed E-state index contributed by atoms with van der Waals surface area (Å²) in [7, 11) is 0. The summed E-state index contributed by atoms with van der Waals surface area (Å²) in [6.45, 7) is -0.0501. The van der Waals surface area contributed by atoms with Crippen molar-refractivity contribution in [2.75, 3.05) is 11.4 Å². The maximum absolute atomic E-state index is 11.7. The van der Waals surface area contributed by atoms with E-state index in [9.17, 15) is 14.4 Å². The molecule has 1 aromatic heterocycles. The number of aliphatic carboxylic acids is 1. The summed E-state index contributed by atoms with van der Waals surface area (Å²) in [6.07, 6.45) is 1.23. The lowest BCUT2D eigenvalue weighted by atomic mass is 10.1. The van der Waals surface area contributed by atoms with Crippen molar-refractivity contribution in [1.82, 2.24) is 4.98 Å². The molecular formula is C11H10N2O5. The molecule has 2 heterocycles. The van der Waals surface area contributed by atoms with Gasteiger partial charge in [0.1, 0.15) is 11.4 Å². The van der Waals surface area contributed by atoms with E-state index in [0.29, 0.717) is 0 Å². The molecule has 1 aliphatic heterocycles. The Hall–Kier alpha value is -2.44. The molecular weight excluding hydrogens is 240 g/mol. The van der Waals surface area contributed by atoms with Crippen molar-refractivity contribution in [3.05, 3.63) is 23.9 Å². The number of carboxylic acids is 2. The second kappa shape index (κ2) is 4.44. The average Bonchev–Trinajstić information content (AvgIpc) is 2.71. The highest BCUT2D eigenvalue weighted by molar-refractivity contribution is 6.03. The van der Waals surface area contributed by atoms with Gasteiger partial charge in [0.25, 0.3) is 0 Å². The van der Waals surface area contributed by atoms with Crippen LogP contribution in [-0.2, 0) is 9.59 Å². The normalized spacial score (nSPS) is 19.0. The maximum atomic E-state index is 11.7. The number of anilines is 1. The third-order valence-corrected chi connectivity index (χ3v) is 2.75. The Kier molecular flexibility index (Phi) is 2.97. The second-order valence-electron chi connectivity index (χ2n) is 3.92. The minimum atomic E-state index is -1.20. The first kappa shape index (κ1) is 12.0. The van der Waals surface area contributed by atoms with Gasteiger partial charge in [-0.3, -0.25) is 14.5 Å². The molecule has 1 atom stereocenters. The van der Waals surface area contributed by atoms with E-state index in [1.54, 1.807) is 0 Å². The second-order valence-corrected chi connectivity index (χ2v) is 3.92. The Bertz CT molecular complexity index is 528. The van der Waals surface area contributed by atoms with E-state index < -0.39 is 23.8 Å². The largest absolute Gasteiger partial charge is 0.481 e. The molecule has 0 radical (unpaired) electrons. The van der Waals surface area contributed by atoms with Crippen LogP contribution in [0.3, 0.4) is 0 Å². The zero-order valence-corrected chi connectivity index (χ0v) is 9.24. The van der Waals surface area contributed by atoms with Crippen molar-refractivity contribution in [3.8, 4) is 0 Å². The first-order chi connectivity index (χ1) is 8.50. The van der Waals surface area contributed by atoms with E-state index in [1.165, 1.54) is 18.3 Å². The van der Waals surface area contributed by atoms with Crippen molar-refractivity contribution >= 4 is 23.7 Å². The molecule has 1 aliphatic rings. The van der Waals surface area contributed by atoms with Gasteiger partial charge in [0.2, 0.25) is 5.91 Å². The summed E-state index contributed by atoms with van der Waals surface area (Å²) in [5.41, 5.74) is -0.114. The lowest BCUT2D eigenvalue weighted by Crippen LogP contribution is -2.28. The Morgan fingerprint density at radius 3 is 2.67 bits per heavy atom. The van der Waals surface area contributed by atoms with Crippen LogP contribution in [0.2, 0.25) is 0 Å². The number of carboxylic acid groups (broad SMARTS) is 2. The van der Waals surface area contributed by atoms with Crippen LogP contribution in [0.4, 0.5) is 5.82 Å². The number of carbonyl (C=O) groups excluding carboxylic acids is 1. The van der Waals surface area contributed by atoms with Crippen LogP contribution in [0, 0.1) is 5.92 Å². The van der Waals surface area contributed by atoms with Gasteiger partial charge in [-0.25, -0.2) is 9.78 Å². The van der Waals surface area contributed by atoms with Gasteiger partial charge in [-0.05, 0) is 12.1 Å². The third-order valence-electron chi connectivity index (χ3n) is 2.75. The lowest BCUT2D eigenvalue weighted by molar-refractivity contribution is -0.141. The van der Waals surface area contributed by atoms with Crippen LogP contribution >= 0.6 is 0 Å². The first-order valence-electron chi connectivity index (χ1n) is 5.22. The van der Waals surface area contributed by atoms with Crippen molar-refractivity contribution < 1.29 is 24.6 Å². The van der Waals surface area contributed by atoms with Gasteiger partial charge in [-0.2, -0.15) is 0 Å². The number of aromatic nitrogens is 1. The Labute approximate surface area is 102 Å². The third kappa shape index (κ3) is 2.02. The molecule has 2 N–H and O–H groups in total. The summed E-state index contributed by atoms with van der Waals surface area (Å²) >= 11 is 0. The highest BCUT2D eigenvalue weighted by Gasteiger charge is 2.37. The summed E-state index contributed by atoms with van der Waals surface area (Å²) in [6, 6.07) is 2.77. The predicted molar refractivity (Wildman–Crippen MR) is 59.3 cm³/mol. The van der Waals surface area contributed by atoms with Crippen LogP contribution in [0.15, 0.2) is 18.3 Å². The average molecular weight is 250 g/mol. The standard InChI is InChI=1S/C11H10N2O5/c14-8-4-6(10(15)16)5-13(8)9-7(11(17)18)2-1-3-12-9/h1-3,6H,4-5H2,(H,15,16)(H,17,18). The van der Waals surface area contributed by atoms with Gasteiger partial charge in [0.15, 0.2) is 0 Å². The van der Waals surface area contributed by atoms with Crippen LogP contribution < -0.4 is 4.90 Å². The van der Waals surface area contributed by atoms with Gasteiger partial charge in [0, 0.05) is 19.2 Å². The van der Waals surface area contributed by atoms with Crippen molar-refractivity contribution in [3.63, 3.8) is 0 Å². The number of amides is 1. The molecule has 0 saturated carbocycles. The SMILES string of the molecule is O=C(O)c1cccnc1N1CC(C(=O)O)CC1=O. The number of aromatic carboxylic acids is 1. The molecule has 2 rings (SSSR count). The molecule has 0 spiro atoms. The molecule has 7 nitrogen and oxygen atoms in total. The van der Waals surface area contributed by atoms with Crippen molar-refractivity contribution in [1.29, 1.82) is 0 Å². The highest BCUT2D eigenvalue weighted by atomic mass is 16.4. The van der Waals surface area contributed by atoms with Gasteiger partial charge >= 0.3 is 11.9 Å². The monoisotopic (exact) mass is 250 g/mol. The van der Waals surface area contributed by atoms with Gasteiger partial charge < -0.3 is 10.2 Å². The number of hydrogen-bond donors (Lipinski definition) is 2. The quantitative estimate of drug-likeness (QED) is 0.794. The molecule has 1 aromatic rings. The molecule has 94 valence electrons. The Morgan fingerprint density at radius 1 is 1.39 bits per heavy atom. The van der Waals surface area contributed by atoms with Gasteiger partial charge in [0.05, 0.1) is 5.92 Å². The molecule has 1 saturated heterocycles. The minimum Gasteiger partial charge on any atom is -0.481 e. The fourth-order valence-corrected chi connectivity index (χ4v) is 1.86. The van der Waals surface area contributed by atoms with Gasteiger partial charge in [-0.15, -0.1) is 0 Å².